The molecule has 0 fully saturated rings. The van der Waals surface area contributed by atoms with E-state index in [0.29, 0.717) is 17.1 Å². The second-order valence-electron chi connectivity index (χ2n) is 6.95. The molecule has 10 heteroatoms. The number of methoxy groups -OCH3 is 2. The molecule has 0 bridgehead atoms. The van der Waals surface area contributed by atoms with Gasteiger partial charge in [0.25, 0.3) is 15.9 Å². The fraction of sp³-hybridized carbons (Fsp3) is 0.182. The Morgan fingerprint density at radius 2 is 1.72 bits per heavy atom. The maximum atomic E-state index is 13.1. The molecule has 0 aliphatic carbocycles. The van der Waals surface area contributed by atoms with Crippen LogP contribution in [0.2, 0.25) is 5.02 Å². The molecule has 0 aliphatic rings. The van der Waals surface area contributed by atoms with Crippen LogP contribution < -0.4 is 19.5 Å². The van der Waals surface area contributed by atoms with Gasteiger partial charge in [-0.3, -0.25) is 9.52 Å². The SMILES string of the molecule is COc1cc(OC)c(NS(=O)(=O)c2cc(C(=O)Nc3cc(C)ccn3)ccc2C)cc1Cl. The lowest BCUT2D eigenvalue weighted by atomic mass is 10.1. The summed E-state index contributed by atoms with van der Waals surface area (Å²) in [7, 11) is -1.23. The van der Waals surface area contributed by atoms with Crippen molar-refractivity contribution in [1.29, 1.82) is 0 Å². The lowest BCUT2D eigenvalue weighted by molar-refractivity contribution is 0.102. The van der Waals surface area contributed by atoms with Crippen molar-refractivity contribution in [3.63, 3.8) is 0 Å². The Labute approximate surface area is 191 Å². The average molecular weight is 476 g/mol. The maximum Gasteiger partial charge on any atom is 0.262 e. The van der Waals surface area contributed by atoms with E-state index in [1.165, 1.54) is 32.4 Å². The van der Waals surface area contributed by atoms with Gasteiger partial charge in [-0.05, 0) is 55.3 Å². The first-order valence-electron chi connectivity index (χ1n) is 9.43. The molecule has 3 aromatic rings. The molecule has 3 rings (SSSR count). The number of nitrogens with one attached hydrogen (secondary N) is 2. The average Bonchev–Trinajstić information content (AvgIpc) is 2.74. The quantitative estimate of drug-likeness (QED) is 0.523. The van der Waals surface area contributed by atoms with Crippen LogP contribution in [-0.4, -0.2) is 33.5 Å². The number of sulfonamides is 1. The van der Waals surface area contributed by atoms with E-state index in [0.717, 1.165) is 5.56 Å². The van der Waals surface area contributed by atoms with E-state index < -0.39 is 15.9 Å². The first kappa shape index (κ1) is 23.4. The van der Waals surface area contributed by atoms with Crippen LogP contribution in [0.4, 0.5) is 11.5 Å². The predicted molar refractivity (Wildman–Crippen MR) is 123 cm³/mol. The van der Waals surface area contributed by atoms with E-state index in [4.69, 9.17) is 21.1 Å². The first-order valence-corrected chi connectivity index (χ1v) is 11.3. The van der Waals surface area contributed by atoms with Crippen molar-refractivity contribution in [2.45, 2.75) is 18.7 Å². The topological polar surface area (TPSA) is 107 Å². The molecule has 2 N–H and O–H groups in total. The van der Waals surface area contributed by atoms with Gasteiger partial charge in [0.15, 0.2) is 0 Å². The summed E-state index contributed by atoms with van der Waals surface area (Å²) in [6, 6.07) is 10.8. The number of amides is 1. The third-order valence-corrected chi connectivity index (χ3v) is 6.42. The number of anilines is 2. The van der Waals surface area contributed by atoms with Gasteiger partial charge in [0.05, 0.1) is 29.8 Å². The molecule has 168 valence electrons. The number of hydrogen-bond acceptors (Lipinski definition) is 6. The summed E-state index contributed by atoms with van der Waals surface area (Å²) >= 11 is 6.15. The fourth-order valence-corrected chi connectivity index (χ4v) is 4.54. The third kappa shape index (κ3) is 5.12. The number of pyridine rings is 1. The number of aryl methyl sites for hydroxylation is 2. The number of aromatic nitrogens is 1. The van der Waals surface area contributed by atoms with Crippen molar-refractivity contribution in [2.24, 2.45) is 0 Å². The van der Waals surface area contributed by atoms with Crippen LogP contribution >= 0.6 is 11.6 Å². The Bertz CT molecular complexity index is 1280. The van der Waals surface area contributed by atoms with Crippen molar-refractivity contribution in [3.8, 4) is 11.5 Å². The Kier molecular flexibility index (Phi) is 6.90. The number of halogens is 1. The number of benzene rings is 2. The second-order valence-corrected chi connectivity index (χ2v) is 9.00. The second kappa shape index (κ2) is 9.46. The lowest BCUT2D eigenvalue weighted by Gasteiger charge is -2.16. The number of ether oxygens (including phenoxy) is 2. The van der Waals surface area contributed by atoms with Crippen molar-refractivity contribution in [2.75, 3.05) is 24.3 Å². The molecule has 0 atom stereocenters. The lowest BCUT2D eigenvalue weighted by Crippen LogP contribution is -2.18. The molecule has 0 saturated carbocycles. The Morgan fingerprint density at radius 1 is 1.00 bits per heavy atom. The van der Waals surface area contributed by atoms with E-state index >= 15 is 0 Å². The van der Waals surface area contributed by atoms with E-state index in [-0.39, 0.29) is 26.9 Å². The number of carbonyl (C=O) groups excluding carboxylic acids is 1. The molecule has 0 saturated heterocycles. The van der Waals surface area contributed by atoms with Crippen LogP contribution in [0.25, 0.3) is 0 Å². The minimum Gasteiger partial charge on any atom is -0.495 e. The van der Waals surface area contributed by atoms with Crippen LogP contribution in [0, 0.1) is 13.8 Å². The Hall–Kier alpha value is -3.30. The molecule has 0 aliphatic heterocycles. The molecule has 8 nitrogen and oxygen atoms in total. The summed E-state index contributed by atoms with van der Waals surface area (Å²) in [5, 5.41) is 2.88. The zero-order chi connectivity index (χ0) is 23.5. The number of hydrogen-bond donors (Lipinski definition) is 2. The summed E-state index contributed by atoms with van der Waals surface area (Å²) < 4.78 is 39.2. The summed E-state index contributed by atoms with van der Waals surface area (Å²) in [5.41, 5.74) is 1.69. The molecular weight excluding hydrogens is 454 g/mol. The molecular formula is C22H22ClN3O5S. The molecule has 32 heavy (non-hydrogen) atoms. The van der Waals surface area contributed by atoms with E-state index in [9.17, 15) is 13.2 Å². The van der Waals surface area contributed by atoms with Gasteiger partial charge >= 0.3 is 0 Å². The van der Waals surface area contributed by atoms with Gasteiger partial charge in [-0.15, -0.1) is 0 Å². The highest BCUT2D eigenvalue weighted by Crippen LogP contribution is 2.37. The minimum absolute atomic E-state index is 0.0589. The molecule has 1 heterocycles. The predicted octanol–water partition coefficient (Wildman–Crippen LogP) is 4.42. The smallest absolute Gasteiger partial charge is 0.262 e. The fourth-order valence-electron chi connectivity index (χ4n) is 2.96. The largest absolute Gasteiger partial charge is 0.495 e. The molecule has 2 aromatic carbocycles. The Balaban J connectivity index is 1.93. The van der Waals surface area contributed by atoms with Crippen molar-refractivity contribution < 1.29 is 22.7 Å². The van der Waals surface area contributed by atoms with Gasteiger partial charge < -0.3 is 14.8 Å². The van der Waals surface area contributed by atoms with Crippen molar-refractivity contribution in [1.82, 2.24) is 4.98 Å². The molecule has 0 unspecified atom stereocenters. The highest BCUT2D eigenvalue weighted by Gasteiger charge is 2.22. The summed E-state index contributed by atoms with van der Waals surface area (Å²) in [6.07, 6.45) is 1.58. The van der Waals surface area contributed by atoms with E-state index in [1.807, 2.05) is 6.92 Å². The van der Waals surface area contributed by atoms with Gasteiger partial charge in [0.2, 0.25) is 0 Å². The normalized spacial score (nSPS) is 11.0. The third-order valence-electron chi connectivity index (χ3n) is 4.62. The number of rotatable bonds is 7. The first-order chi connectivity index (χ1) is 15.1. The van der Waals surface area contributed by atoms with Gasteiger partial charge in [0.1, 0.15) is 17.3 Å². The van der Waals surface area contributed by atoms with Gasteiger partial charge in [-0.25, -0.2) is 13.4 Å². The highest BCUT2D eigenvalue weighted by molar-refractivity contribution is 7.92. The monoisotopic (exact) mass is 475 g/mol. The zero-order valence-corrected chi connectivity index (χ0v) is 19.5. The molecule has 0 spiro atoms. The summed E-state index contributed by atoms with van der Waals surface area (Å²) in [4.78, 5) is 16.7. The van der Waals surface area contributed by atoms with Crippen LogP contribution in [0.1, 0.15) is 21.5 Å². The standard InChI is InChI=1S/C22H22ClN3O5S/c1-13-7-8-24-21(9-13)25-22(27)15-6-5-14(2)20(10-15)32(28,29)26-17-11-16(23)18(30-3)12-19(17)31-4/h5-12,26H,1-4H3,(H,24,25,27). The minimum atomic E-state index is -4.07. The van der Waals surface area contributed by atoms with Crippen molar-refractivity contribution in [3.05, 3.63) is 70.4 Å². The van der Waals surface area contributed by atoms with Crippen LogP contribution in [0.5, 0.6) is 11.5 Å². The Morgan fingerprint density at radius 3 is 2.38 bits per heavy atom. The number of nitrogens with zero attached hydrogens (tertiary/aromatic N) is 1. The van der Waals surface area contributed by atoms with Crippen LogP contribution in [-0.2, 0) is 10.0 Å². The molecule has 1 amide bonds. The summed E-state index contributed by atoms with van der Waals surface area (Å²) in [6.45, 7) is 3.51. The maximum absolute atomic E-state index is 13.1. The molecule has 1 aromatic heterocycles. The highest BCUT2D eigenvalue weighted by atomic mass is 35.5. The van der Waals surface area contributed by atoms with Crippen molar-refractivity contribution >= 4 is 39.0 Å². The zero-order valence-electron chi connectivity index (χ0n) is 17.9. The molecule has 0 radical (unpaired) electrons. The van der Waals surface area contributed by atoms with Gasteiger partial charge in [-0.2, -0.15) is 0 Å². The van der Waals surface area contributed by atoms with Gasteiger partial charge in [0, 0.05) is 17.8 Å². The van der Waals surface area contributed by atoms with E-state index in [1.54, 1.807) is 37.4 Å². The van der Waals surface area contributed by atoms with Crippen LogP contribution in [0.3, 0.4) is 0 Å². The van der Waals surface area contributed by atoms with Gasteiger partial charge in [-0.1, -0.05) is 17.7 Å². The van der Waals surface area contributed by atoms with Crippen LogP contribution in [0.15, 0.2) is 53.6 Å². The number of carbonyl (C=O) groups is 1. The summed E-state index contributed by atoms with van der Waals surface area (Å²) in [5.74, 6) is 0.457. The van der Waals surface area contributed by atoms with E-state index in [2.05, 4.69) is 15.0 Å².